The van der Waals surface area contributed by atoms with E-state index in [0.29, 0.717) is 44.0 Å². The number of ether oxygens (including phenoxy) is 3. The molecule has 0 saturated carbocycles. The first-order valence-electron chi connectivity index (χ1n) is 11.3. The van der Waals surface area contributed by atoms with E-state index in [9.17, 15) is 4.79 Å². The molecule has 1 N–H and O–H groups in total. The van der Waals surface area contributed by atoms with Gasteiger partial charge in [0.2, 0.25) is 5.91 Å². The lowest BCUT2D eigenvalue weighted by atomic mass is 9.91. The van der Waals surface area contributed by atoms with Crippen molar-refractivity contribution in [2.75, 3.05) is 38.2 Å². The maximum atomic E-state index is 12.4. The van der Waals surface area contributed by atoms with Gasteiger partial charge in [-0.15, -0.1) is 0 Å². The second-order valence-corrected chi connectivity index (χ2v) is 8.40. The van der Waals surface area contributed by atoms with Crippen molar-refractivity contribution in [1.29, 1.82) is 0 Å². The summed E-state index contributed by atoms with van der Waals surface area (Å²) in [6, 6.07) is 15.9. The van der Waals surface area contributed by atoms with Crippen LogP contribution in [0.3, 0.4) is 0 Å². The molecule has 0 radical (unpaired) electrons. The predicted molar refractivity (Wildman–Crippen MR) is 121 cm³/mol. The molecule has 1 amide bonds. The molecule has 166 valence electrons. The zero-order chi connectivity index (χ0) is 21.5. The molecule has 6 nitrogen and oxygen atoms in total. The van der Waals surface area contributed by atoms with Crippen molar-refractivity contribution in [3.8, 4) is 17.2 Å². The van der Waals surface area contributed by atoms with Gasteiger partial charge in [0.15, 0.2) is 11.5 Å². The molecule has 2 aromatic rings. The van der Waals surface area contributed by atoms with E-state index >= 15 is 0 Å². The number of piperidine rings is 1. The molecule has 0 spiro atoms. The Morgan fingerprint density at radius 2 is 1.84 bits per heavy atom. The minimum Gasteiger partial charge on any atom is -0.492 e. The topological polar surface area (TPSA) is 60.0 Å². The highest BCUT2D eigenvalue weighted by molar-refractivity contribution is 5.91. The van der Waals surface area contributed by atoms with Gasteiger partial charge < -0.3 is 19.5 Å². The number of amides is 1. The Balaban J connectivity index is 1.15. The van der Waals surface area contributed by atoms with Crippen LogP contribution in [0.2, 0.25) is 0 Å². The number of carbonyl (C=O) groups is 1. The zero-order valence-electron chi connectivity index (χ0n) is 18.2. The van der Waals surface area contributed by atoms with Crippen molar-refractivity contribution < 1.29 is 19.0 Å². The number of benzene rings is 2. The molecular weight excluding hydrogens is 392 g/mol. The Hall–Kier alpha value is -2.73. The van der Waals surface area contributed by atoms with Crippen molar-refractivity contribution in [1.82, 2.24) is 4.90 Å². The van der Waals surface area contributed by atoms with Crippen LogP contribution in [0.5, 0.6) is 17.2 Å². The van der Waals surface area contributed by atoms with E-state index in [-0.39, 0.29) is 5.91 Å². The number of para-hydroxylation sites is 1. The highest BCUT2D eigenvalue weighted by Gasteiger charge is 2.23. The lowest BCUT2D eigenvalue weighted by molar-refractivity contribution is -0.116. The van der Waals surface area contributed by atoms with E-state index in [4.69, 9.17) is 14.2 Å². The van der Waals surface area contributed by atoms with Gasteiger partial charge in [-0.25, -0.2) is 0 Å². The van der Waals surface area contributed by atoms with Crippen LogP contribution in [-0.4, -0.2) is 49.8 Å². The fraction of sp³-hybridized carbons (Fsp3) is 0.480. The second-order valence-electron chi connectivity index (χ2n) is 8.40. The van der Waals surface area contributed by atoms with Gasteiger partial charge in [-0.1, -0.05) is 18.2 Å². The summed E-state index contributed by atoms with van der Waals surface area (Å²) in [6.45, 7) is 6.16. The third-order valence-electron chi connectivity index (χ3n) is 6.11. The van der Waals surface area contributed by atoms with Crippen molar-refractivity contribution in [3.05, 3.63) is 48.5 Å². The van der Waals surface area contributed by atoms with Gasteiger partial charge in [-0.2, -0.15) is 0 Å². The summed E-state index contributed by atoms with van der Waals surface area (Å²) in [6.07, 6.45) is 3.74. The average Bonchev–Trinajstić information content (AvgIpc) is 2.82. The summed E-state index contributed by atoms with van der Waals surface area (Å²) in [7, 11) is 0. The van der Waals surface area contributed by atoms with Crippen molar-refractivity contribution in [2.24, 2.45) is 5.92 Å². The summed E-state index contributed by atoms with van der Waals surface area (Å²) in [5.74, 6) is 3.02. The molecule has 1 atom stereocenters. The molecule has 0 unspecified atom stereocenters. The van der Waals surface area contributed by atoms with E-state index in [2.05, 4.69) is 17.1 Å². The smallest absolute Gasteiger partial charge is 0.224 e. The third-order valence-corrected chi connectivity index (χ3v) is 6.11. The van der Waals surface area contributed by atoms with Crippen molar-refractivity contribution in [3.63, 3.8) is 0 Å². The molecule has 4 rings (SSSR count). The standard InChI is InChI=1S/C25H32N2O4/c1-19(18-31-22-5-3-2-4-6-22)27-13-11-20(12-14-27)7-10-25(28)26-21-8-9-23-24(17-21)30-16-15-29-23/h2-6,8-9,17,19-20H,7,10-16,18H2,1H3,(H,26,28)/t19-/m0/s1. The van der Waals surface area contributed by atoms with Crippen LogP contribution in [0, 0.1) is 5.92 Å². The summed E-state index contributed by atoms with van der Waals surface area (Å²) in [5, 5.41) is 2.99. The number of anilines is 1. The van der Waals surface area contributed by atoms with E-state index in [1.807, 2.05) is 48.5 Å². The molecule has 1 fully saturated rings. The first kappa shape index (κ1) is 21.5. The maximum absolute atomic E-state index is 12.4. The third kappa shape index (κ3) is 6.14. The Morgan fingerprint density at radius 1 is 1.10 bits per heavy atom. The Kier molecular flexibility index (Phi) is 7.30. The number of fused-ring (bicyclic) bond motifs is 1. The van der Waals surface area contributed by atoms with Gasteiger partial charge in [0.1, 0.15) is 25.6 Å². The number of nitrogens with one attached hydrogen (secondary N) is 1. The highest BCUT2D eigenvalue weighted by atomic mass is 16.6. The van der Waals surface area contributed by atoms with Gasteiger partial charge in [-0.3, -0.25) is 9.69 Å². The first-order valence-corrected chi connectivity index (χ1v) is 11.3. The number of likely N-dealkylation sites (tertiary alicyclic amines) is 1. The minimum absolute atomic E-state index is 0.0590. The van der Waals surface area contributed by atoms with E-state index in [1.54, 1.807) is 0 Å². The normalized spacial score (nSPS) is 17.7. The predicted octanol–water partition coefficient (Wildman–Crippen LogP) is 4.36. The lowest BCUT2D eigenvalue weighted by Gasteiger charge is -2.35. The largest absolute Gasteiger partial charge is 0.492 e. The lowest BCUT2D eigenvalue weighted by Crippen LogP contribution is -2.42. The summed E-state index contributed by atoms with van der Waals surface area (Å²) < 4.78 is 17.0. The molecule has 0 aliphatic carbocycles. The van der Waals surface area contributed by atoms with Gasteiger partial charge in [0.25, 0.3) is 0 Å². The summed E-state index contributed by atoms with van der Waals surface area (Å²) >= 11 is 0. The molecule has 0 aromatic heterocycles. The van der Waals surface area contributed by atoms with Crippen LogP contribution in [0.1, 0.15) is 32.6 Å². The Morgan fingerprint density at radius 3 is 2.61 bits per heavy atom. The number of nitrogens with zero attached hydrogens (tertiary/aromatic N) is 1. The molecule has 2 aromatic carbocycles. The molecule has 6 heteroatoms. The highest BCUT2D eigenvalue weighted by Crippen LogP contribution is 2.32. The second kappa shape index (κ2) is 10.5. The fourth-order valence-corrected chi connectivity index (χ4v) is 4.20. The summed E-state index contributed by atoms with van der Waals surface area (Å²) in [4.78, 5) is 14.9. The SMILES string of the molecule is C[C@@H](COc1ccccc1)N1CCC(CCC(=O)Nc2ccc3c(c2)OCCO3)CC1. The number of rotatable bonds is 8. The van der Waals surface area contributed by atoms with Crippen molar-refractivity contribution >= 4 is 11.6 Å². The van der Waals surface area contributed by atoms with Crippen LogP contribution in [0.15, 0.2) is 48.5 Å². The van der Waals surface area contributed by atoms with Crippen LogP contribution in [0.4, 0.5) is 5.69 Å². The molecule has 2 aliphatic heterocycles. The van der Waals surface area contributed by atoms with E-state index in [1.165, 1.54) is 0 Å². The zero-order valence-corrected chi connectivity index (χ0v) is 18.2. The maximum Gasteiger partial charge on any atom is 0.224 e. The number of hydrogen-bond donors (Lipinski definition) is 1. The molecule has 2 heterocycles. The van der Waals surface area contributed by atoms with Crippen LogP contribution >= 0.6 is 0 Å². The average molecular weight is 425 g/mol. The van der Waals surface area contributed by atoms with Crippen LogP contribution in [-0.2, 0) is 4.79 Å². The van der Waals surface area contributed by atoms with Gasteiger partial charge in [0, 0.05) is 24.2 Å². The first-order chi connectivity index (χ1) is 15.2. The molecule has 1 saturated heterocycles. The van der Waals surface area contributed by atoms with Crippen molar-refractivity contribution in [2.45, 2.75) is 38.6 Å². The van der Waals surface area contributed by atoms with Gasteiger partial charge in [0.05, 0.1) is 0 Å². The quantitative estimate of drug-likeness (QED) is 0.682. The molecule has 2 aliphatic rings. The van der Waals surface area contributed by atoms with E-state index in [0.717, 1.165) is 49.5 Å². The van der Waals surface area contributed by atoms with Gasteiger partial charge >= 0.3 is 0 Å². The number of hydrogen-bond acceptors (Lipinski definition) is 5. The fourth-order valence-electron chi connectivity index (χ4n) is 4.20. The monoisotopic (exact) mass is 424 g/mol. The molecule has 31 heavy (non-hydrogen) atoms. The van der Waals surface area contributed by atoms with Gasteiger partial charge in [-0.05, 0) is 69.5 Å². The van der Waals surface area contributed by atoms with Crippen LogP contribution < -0.4 is 19.5 Å². The summed E-state index contributed by atoms with van der Waals surface area (Å²) in [5.41, 5.74) is 0.760. The van der Waals surface area contributed by atoms with E-state index < -0.39 is 0 Å². The number of carbonyl (C=O) groups excluding carboxylic acids is 1. The Labute approximate surface area is 184 Å². The van der Waals surface area contributed by atoms with Crippen LogP contribution in [0.25, 0.3) is 0 Å². The minimum atomic E-state index is 0.0590. The molecular formula is C25H32N2O4. The Bertz CT molecular complexity index is 850. The molecule has 0 bridgehead atoms.